The van der Waals surface area contributed by atoms with E-state index in [1.807, 2.05) is 0 Å². The van der Waals surface area contributed by atoms with E-state index in [0.717, 1.165) is 22.6 Å². The average molecular weight is 385 g/mol. The van der Waals surface area contributed by atoms with Gasteiger partial charge in [0.15, 0.2) is 6.73 Å². The molecule has 2 heterocycles. The summed E-state index contributed by atoms with van der Waals surface area (Å²) < 4.78 is 5.02. The molecule has 2 aliphatic heterocycles. The number of carbonyl (C=O) groups is 5. The van der Waals surface area contributed by atoms with Gasteiger partial charge in [-0.3, -0.25) is 24.1 Å². The Morgan fingerprint density at radius 3 is 2.21 bits per heavy atom. The van der Waals surface area contributed by atoms with Crippen molar-refractivity contribution < 1.29 is 28.7 Å². The lowest BCUT2D eigenvalue weighted by Crippen LogP contribution is -2.44. The van der Waals surface area contributed by atoms with Crippen LogP contribution < -0.4 is 5.32 Å². The van der Waals surface area contributed by atoms with Gasteiger partial charge in [-0.1, -0.05) is 25.0 Å². The molecule has 0 unspecified atom stereocenters. The molecule has 1 aromatic carbocycles. The Morgan fingerprint density at radius 1 is 1.00 bits per heavy atom. The zero-order valence-corrected chi connectivity index (χ0v) is 15.1. The van der Waals surface area contributed by atoms with Crippen molar-refractivity contribution in [1.29, 1.82) is 0 Å². The Morgan fingerprint density at radius 2 is 1.61 bits per heavy atom. The van der Waals surface area contributed by atoms with E-state index in [1.165, 1.54) is 12.1 Å². The minimum absolute atomic E-state index is 0.104. The molecule has 0 bridgehead atoms. The van der Waals surface area contributed by atoms with Gasteiger partial charge in [0.05, 0.1) is 17.5 Å². The van der Waals surface area contributed by atoms with E-state index in [2.05, 4.69) is 5.32 Å². The highest BCUT2D eigenvalue weighted by Crippen LogP contribution is 2.35. The summed E-state index contributed by atoms with van der Waals surface area (Å²) in [5.74, 6) is -2.05. The van der Waals surface area contributed by atoms with E-state index in [4.69, 9.17) is 4.74 Å². The number of carbonyl (C=O) groups excluding carboxylic acids is 5. The Hall–Kier alpha value is -3.23. The van der Waals surface area contributed by atoms with Crippen molar-refractivity contribution in [2.24, 2.45) is 0 Å². The second kappa shape index (κ2) is 6.74. The number of nitrogens with one attached hydrogen (secondary N) is 1. The van der Waals surface area contributed by atoms with Gasteiger partial charge in [0, 0.05) is 6.54 Å². The number of esters is 1. The number of urea groups is 1. The second-order valence-electron chi connectivity index (χ2n) is 7.16. The molecule has 1 aliphatic carbocycles. The molecule has 28 heavy (non-hydrogen) atoms. The van der Waals surface area contributed by atoms with Crippen molar-refractivity contribution in [1.82, 2.24) is 15.1 Å². The van der Waals surface area contributed by atoms with Crippen LogP contribution in [0.3, 0.4) is 0 Å². The summed E-state index contributed by atoms with van der Waals surface area (Å²) in [4.78, 5) is 63.0. The van der Waals surface area contributed by atoms with E-state index in [1.54, 1.807) is 12.1 Å². The van der Waals surface area contributed by atoms with Crippen molar-refractivity contribution in [3.8, 4) is 0 Å². The van der Waals surface area contributed by atoms with Crippen LogP contribution in [0.2, 0.25) is 0 Å². The van der Waals surface area contributed by atoms with E-state index < -0.39 is 36.1 Å². The van der Waals surface area contributed by atoms with Gasteiger partial charge in [0.1, 0.15) is 5.54 Å². The first kappa shape index (κ1) is 18.1. The van der Waals surface area contributed by atoms with Crippen molar-refractivity contribution >= 4 is 29.7 Å². The maximum Gasteiger partial charge on any atom is 0.325 e. The van der Waals surface area contributed by atoms with Crippen LogP contribution in [-0.4, -0.2) is 58.3 Å². The summed E-state index contributed by atoms with van der Waals surface area (Å²) in [5.41, 5.74) is -0.282. The predicted molar refractivity (Wildman–Crippen MR) is 94.0 cm³/mol. The van der Waals surface area contributed by atoms with Crippen LogP contribution in [0.4, 0.5) is 4.79 Å². The number of hydrogen-bond donors (Lipinski definition) is 1. The third-order valence-corrected chi connectivity index (χ3v) is 5.48. The number of rotatable bonds is 5. The number of nitrogens with zero attached hydrogens (tertiary/aromatic N) is 2. The molecule has 0 aromatic heterocycles. The largest absolute Gasteiger partial charge is 0.444 e. The summed E-state index contributed by atoms with van der Waals surface area (Å²) in [6.07, 6.45) is 2.76. The summed E-state index contributed by atoms with van der Waals surface area (Å²) in [6, 6.07) is 5.87. The van der Waals surface area contributed by atoms with Crippen molar-refractivity contribution in [2.75, 3.05) is 13.3 Å². The number of amides is 5. The molecule has 2 fully saturated rings. The van der Waals surface area contributed by atoms with Crippen molar-refractivity contribution in [3.63, 3.8) is 0 Å². The average Bonchev–Trinajstić information content (AvgIpc) is 3.32. The summed E-state index contributed by atoms with van der Waals surface area (Å²) in [5, 5.41) is 2.74. The Labute approximate surface area is 160 Å². The molecule has 9 heteroatoms. The lowest BCUT2D eigenvalue weighted by Gasteiger charge is -2.20. The fourth-order valence-corrected chi connectivity index (χ4v) is 3.96. The van der Waals surface area contributed by atoms with E-state index in [0.29, 0.717) is 12.8 Å². The normalized spacial score (nSPS) is 20.1. The molecule has 0 atom stereocenters. The molecule has 146 valence electrons. The molecule has 1 saturated heterocycles. The maximum absolute atomic E-state index is 12.5. The topological polar surface area (TPSA) is 113 Å². The smallest absolute Gasteiger partial charge is 0.325 e. The molecule has 5 amide bonds. The van der Waals surface area contributed by atoms with E-state index in [-0.39, 0.29) is 30.0 Å². The first-order chi connectivity index (χ1) is 13.4. The van der Waals surface area contributed by atoms with E-state index >= 15 is 0 Å². The molecule has 1 spiro atoms. The third kappa shape index (κ3) is 2.83. The summed E-state index contributed by atoms with van der Waals surface area (Å²) in [6.45, 7) is -0.609. The minimum Gasteiger partial charge on any atom is -0.444 e. The van der Waals surface area contributed by atoms with Crippen LogP contribution in [0.15, 0.2) is 24.3 Å². The minimum atomic E-state index is -0.818. The van der Waals surface area contributed by atoms with Gasteiger partial charge in [0.25, 0.3) is 17.7 Å². The number of ether oxygens (including phenoxy) is 1. The standard InChI is InChI=1S/C19H19N3O6/c23-14(7-10-21-17(26)19(20-18(21)27)8-3-4-9-19)28-11-22-15(24)12-5-1-2-6-13(12)16(22)25/h1-2,5-6H,3-4,7-11H2,(H,20,27). The van der Waals surface area contributed by atoms with Crippen LogP contribution in [0, 0.1) is 0 Å². The Kier molecular flexibility index (Phi) is 4.37. The van der Waals surface area contributed by atoms with Crippen LogP contribution in [-0.2, 0) is 14.3 Å². The molecular formula is C19H19N3O6. The first-order valence-corrected chi connectivity index (χ1v) is 9.18. The second-order valence-corrected chi connectivity index (χ2v) is 7.16. The SMILES string of the molecule is O=C(CCN1C(=O)NC2(CCCC2)C1=O)OCN1C(=O)c2ccccc2C1=O. The number of fused-ring (bicyclic) bond motifs is 1. The summed E-state index contributed by atoms with van der Waals surface area (Å²) >= 11 is 0. The van der Waals surface area contributed by atoms with Crippen LogP contribution in [0.25, 0.3) is 0 Å². The van der Waals surface area contributed by atoms with Crippen LogP contribution in [0.5, 0.6) is 0 Å². The molecule has 1 aromatic rings. The van der Waals surface area contributed by atoms with Gasteiger partial charge < -0.3 is 10.1 Å². The van der Waals surface area contributed by atoms with E-state index in [9.17, 15) is 24.0 Å². The fraction of sp³-hybridized carbons (Fsp3) is 0.421. The van der Waals surface area contributed by atoms with Gasteiger partial charge in [-0.2, -0.15) is 0 Å². The zero-order valence-electron chi connectivity index (χ0n) is 15.1. The Bertz CT molecular complexity index is 854. The van der Waals surface area contributed by atoms with Gasteiger partial charge in [0.2, 0.25) is 0 Å². The molecular weight excluding hydrogens is 366 g/mol. The zero-order chi connectivity index (χ0) is 19.9. The molecule has 9 nitrogen and oxygen atoms in total. The molecule has 0 radical (unpaired) electrons. The third-order valence-electron chi connectivity index (χ3n) is 5.48. The summed E-state index contributed by atoms with van der Waals surface area (Å²) in [7, 11) is 0. The molecule has 4 rings (SSSR count). The van der Waals surface area contributed by atoms with Crippen LogP contribution in [0.1, 0.15) is 52.8 Å². The number of benzene rings is 1. The monoisotopic (exact) mass is 385 g/mol. The quantitative estimate of drug-likeness (QED) is 0.460. The maximum atomic E-state index is 12.5. The van der Waals surface area contributed by atoms with Gasteiger partial charge in [-0.25, -0.2) is 9.69 Å². The number of imide groups is 2. The highest BCUT2D eigenvalue weighted by Gasteiger charge is 2.52. The van der Waals surface area contributed by atoms with Crippen molar-refractivity contribution in [2.45, 2.75) is 37.6 Å². The first-order valence-electron chi connectivity index (χ1n) is 9.18. The molecule has 3 aliphatic rings. The number of hydrogen-bond acceptors (Lipinski definition) is 6. The van der Waals surface area contributed by atoms with Gasteiger partial charge >= 0.3 is 12.0 Å². The molecule has 1 saturated carbocycles. The molecule has 1 N–H and O–H groups in total. The Balaban J connectivity index is 1.30. The van der Waals surface area contributed by atoms with Gasteiger partial charge in [-0.05, 0) is 25.0 Å². The van der Waals surface area contributed by atoms with Gasteiger partial charge in [-0.15, -0.1) is 0 Å². The lowest BCUT2D eigenvalue weighted by atomic mass is 9.98. The highest BCUT2D eigenvalue weighted by atomic mass is 16.5. The predicted octanol–water partition coefficient (Wildman–Crippen LogP) is 1.04. The van der Waals surface area contributed by atoms with Crippen LogP contribution >= 0.6 is 0 Å². The lowest BCUT2D eigenvalue weighted by molar-refractivity contribution is -0.146. The highest BCUT2D eigenvalue weighted by molar-refractivity contribution is 6.21. The van der Waals surface area contributed by atoms with Crippen molar-refractivity contribution in [3.05, 3.63) is 35.4 Å². The fourth-order valence-electron chi connectivity index (χ4n) is 3.96.